The summed E-state index contributed by atoms with van der Waals surface area (Å²) in [5, 5.41) is 13.8. The number of phosphoric acid groups is 1. The minimum absolute atomic E-state index is 0.0854. The van der Waals surface area contributed by atoms with E-state index in [2.05, 4.69) is 20.3 Å². The molecule has 3 rings (SSSR count). The van der Waals surface area contributed by atoms with Crippen LogP contribution in [-0.2, 0) is 32.5 Å². The number of aryl methyl sites for hydroxylation is 1. The summed E-state index contributed by atoms with van der Waals surface area (Å²) in [7, 11) is -2.72. The van der Waals surface area contributed by atoms with Gasteiger partial charge >= 0.3 is 7.82 Å². The lowest BCUT2D eigenvalue weighted by molar-refractivity contribution is -0.118. The van der Waals surface area contributed by atoms with E-state index in [4.69, 9.17) is 29.9 Å². The molecule has 3 heterocycles. The quantitative estimate of drug-likeness (QED) is 0.150. The molecule has 1 aliphatic rings. The number of carbonyl (C=O) groups is 2. The molecule has 0 spiro atoms. The standard InChI is InChI=1S/C27H42ClFN5O8PS2/c1-16-32-20(30-8)18-21(33-16)34(15-31-18)22-17(29)19(35)27(13-28,42-22)14-41-43(38,39-9-11-44-23(36)25(2,3)4)40-10-12-45-24(37)26(5,6)7/h15,17,19,22,35H,9-14H2,1-8H3,(H,30,32,33)/t17-,19+,22-,27-/m1/s1. The summed E-state index contributed by atoms with van der Waals surface area (Å²) < 4.78 is 53.4. The Bertz CT molecular complexity index is 1370. The second-order valence-electron chi connectivity index (χ2n) is 12.4. The van der Waals surface area contributed by atoms with Crippen LogP contribution in [0.25, 0.3) is 11.2 Å². The number of halogens is 2. The van der Waals surface area contributed by atoms with Gasteiger partial charge in [-0.3, -0.25) is 27.7 Å². The van der Waals surface area contributed by atoms with Crippen LogP contribution in [0.2, 0.25) is 0 Å². The molecule has 0 radical (unpaired) electrons. The highest BCUT2D eigenvalue weighted by Gasteiger charge is 2.57. The van der Waals surface area contributed by atoms with Gasteiger partial charge in [0, 0.05) is 29.4 Å². The number of imidazole rings is 1. The lowest BCUT2D eigenvalue weighted by Gasteiger charge is -2.30. The van der Waals surface area contributed by atoms with Gasteiger partial charge in [0.05, 0.1) is 32.0 Å². The molecule has 4 atom stereocenters. The first kappa shape index (κ1) is 38.1. The van der Waals surface area contributed by atoms with Crippen molar-refractivity contribution in [1.29, 1.82) is 0 Å². The summed E-state index contributed by atoms with van der Waals surface area (Å²) in [4.78, 5) is 37.5. The van der Waals surface area contributed by atoms with Gasteiger partial charge in [0.1, 0.15) is 17.5 Å². The average molecular weight is 714 g/mol. The Hall–Kier alpha value is -1.36. The number of hydrogen-bond acceptors (Lipinski definition) is 14. The number of aliphatic hydroxyl groups excluding tert-OH is 1. The van der Waals surface area contributed by atoms with E-state index in [1.54, 1.807) is 55.5 Å². The molecule has 0 aliphatic carbocycles. The predicted molar refractivity (Wildman–Crippen MR) is 173 cm³/mol. The Morgan fingerprint density at radius 2 is 1.67 bits per heavy atom. The lowest BCUT2D eigenvalue weighted by Crippen LogP contribution is -2.47. The Morgan fingerprint density at radius 1 is 1.11 bits per heavy atom. The van der Waals surface area contributed by atoms with Gasteiger partial charge in [0.15, 0.2) is 39.6 Å². The van der Waals surface area contributed by atoms with Crippen molar-refractivity contribution >= 4 is 70.2 Å². The number of thioether (sulfide) groups is 2. The summed E-state index contributed by atoms with van der Waals surface area (Å²) in [6.45, 7) is 11.3. The molecule has 18 heteroatoms. The molecule has 0 saturated carbocycles. The zero-order valence-corrected chi connectivity index (χ0v) is 29.9. The largest absolute Gasteiger partial charge is 0.474 e. The number of nitrogens with zero attached hydrogens (tertiary/aromatic N) is 4. The minimum Gasteiger partial charge on any atom is -0.387 e. The molecule has 0 bridgehead atoms. The van der Waals surface area contributed by atoms with Gasteiger partial charge in [0.25, 0.3) is 0 Å². The van der Waals surface area contributed by atoms with Crippen molar-refractivity contribution in [1.82, 2.24) is 19.5 Å². The molecule has 0 unspecified atom stereocenters. The number of aromatic nitrogens is 4. The first-order chi connectivity index (χ1) is 20.9. The highest BCUT2D eigenvalue weighted by Crippen LogP contribution is 2.52. The number of alkyl halides is 2. The summed E-state index contributed by atoms with van der Waals surface area (Å²) in [6.07, 6.45) is -3.90. The van der Waals surface area contributed by atoms with Crippen molar-refractivity contribution in [2.45, 2.75) is 72.6 Å². The third-order valence-corrected chi connectivity index (χ3v) is 10.9. The van der Waals surface area contributed by atoms with Gasteiger partial charge in [-0.1, -0.05) is 65.1 Å². The third-order valence-electron chi connectivity index (χ3n) is 6.56. The Kier molecular flexibility index (Phi) is 12.9. The SMILES string of the molecule is CNc1nc(C)nc2c1ncn2[C@@H]1O[C@](CCl)(COP(=O)(OCCSC(=O)C(C)(C)C)OCCSC(=O)C(C)(C)C)[C@@H](O)[C@H]1F. The number of anilines is 1. The first-order valence-corrected chi connectivity index (χ1v) is 18.2. The van der Waals surface area contributed by atoms with Crippen molar-refractivity contribution in [2.75, 3.05) is 49.6 Å². The summed E-state index contributed by atoms with van der Waals surface area (Å²) >= 11 is 8.25. The smallest absolute Gasteiger partial charge is 0.387 e. The molecule has 1 fully saturated rings. The van der Waals surface area contributed by atoms with E-state index in [9.17, 15) is 19.3 Å². The fraction of sp³-hybridized carbons (Fsp3) is 0.741. The van der Waals surface area contributed by atoms with E-state index in [1.165, 1.54) is 10.9 Å². The molecular formula is C27H42ClFN5O8PS2. The van der Waals surface area contributed by atoms with E-state index >= 15 is 4.39 Å². The summed E-state index contributed by atoms with van der Waals surface area (Å²) in [5.74, 6) is 0.690. The van der Waals surface area contributed by atoms with Crippen LogP contribution >= 0.6 is 42.9 Å². The highest BCUT2D eigenvalue weighted by atomic mass is 35.5. The lowest BCUT2D eigenvalue weighted by atomic mass is 9.99. The maximum Gasteiger partial charge on any atom is 0.474 e. The zero-order chi connectivity index (χ0) is 33.8. The van der Waals surface area contributed by atoms with Crippen molar-refractivity contribution in [3.05, 3.63) is 12.2 Å². The van der Waals surface area contributed by atoms with Crippen LogP contribution in [0.4, 0.5) is 10.2 Å². The molecule has 0 aromatic carbocycles. The molecule has 1 saturated heterocycles. The topological polar surface area (TPSA) is 164 Å². The number of phosphoric ester groups is 1. The molecular weight excluding hydrogens is 672 g/mol. The number of rotatable bonds is 14. The summed E-state index contributed by atoms with van der Waals surface area (Å²) in [6, 6.07) is 0. The van der Waals surface area contributed by atoms with Gasteiger partial charge in [-0.2, -0.15) is 0 Å². The molecule has 254 valence electrons. The van der Waals surface area contributed by atoms with Gasteiger partial charge in [0.2, 0.25) is 0 Å². The monoisotopic (exact) mass is 713 g/mol. The van der Waals surface area contributed by atoms with Gasteiger partial charge in [-0.15, -0.1) is 11.6 Å². The molecule has 0 amide bonds. The number of carbonyl (C=O) groups excluding carboxylic acids is 2. The van der Waals surface area contributed by atoms with Crippen LogP contribution in [-0.4, -0.2) is 97.0 Å². The second-order valence-corrected chi connectivity index (χ2v) is 16.5. The average Bonchev–Trinajstić information content (AvgIpc) is 3.49. The first-order valence-electron chi connectivity index (χ1n) is 14.2. The van der Waals surface area contributed by atoms with E-state index in [0.29, 0.717) is 17.2 Å². The van der Waals surface area contributed by atoms with E-state index in [0.717, 1.165) is 23.5 Å². The zero-order valence-electron chi connectivity index (χ0n) is 26.7. The van der Waals surface area contributed by atoms with Crippen LogP contribution < -0.4 is 5.32 Å². The normalized spacial score (nSPS) is 22.7. The van der Waals surface area contributed by atoms with Gasteiger partial charge < -0.3 is 15.2 Å². The number of aliphatic hydroxyl groups is 1. The molecule has 45 heavy (non-hydrogen) atoms. The molecule has 13 nitrogen and oxygen atoms in total. The fourth-order valence-corrected chi connectivity index (χ4v) is 7.33. The number of ether oxygens (including phenoxy) is 1. The predicted octanol–water partition coefficient (Wildman–Crippen LogP) is 5.15. The minimum atomic E-state index is -4.38. The van der Waals surface area contributed by atoms with Crippen LogP contribution in [0.15, 0.2) is 6.33 Å². The van der Waals surface area contributed by atoms with Crippen LogP contribution in [0.5, 0.6) is 0 Å². The fourth-order valence-electron chi connectivity index (χ4n) is 3.99. The second kappa shape index (κ2) is 15.2. The third kappa shape index (κ3) is 9.38. The molecule has 2 N–H and O–H groups in total. The highest BCUT2D eigenvalue weighted by molar-refractivity contribution is 8.14. The maximum absolute atomic E-state index is 15.7. The Balaban J connectivity index is 1.77. The van der Waals surface area contributed by atoms with Crippen molar-refractivity contribution in [2.24, 2.45) is 10.8 Å². The Morgan fingerprint density at radius 3 is 2.16 bits per heavy atom. The van der Waals surface area contributed by atoms with Crippen LogP contribution in [0.3, 0.4) is 0 Å². The molecule has 2 aromatic heterocycles. The number of fused-ring (bicyclic) bond motifs is 1. The van der Waals surface area contributed by atoms with Crippen molar-refractivity contribution in [3.63, 3.8) is 0 Å². The van der Waals surface area contributed by atoms with Gasteiger partial charge in [-0.25, -0.2) is 23.9 Å². The Labute approximate surface area is 276 Å². The van der Waals surface area contributed by atoms with E-state index < -0.39 is 55.2 Å². The summed E-state index contributed by atoms with van der Waals surface area (Å²) in [5.41, 5.74) is -2.41. The molecule has 1 aliphatic heterocycles. The van der Waals surface area contributed by atoms with E-state index in [1.807, 2.05) is 0 Å². The molecule has 2 aromatic rings. The van der Waals surface area contributed by atoms with Gasteiger partial charge in [-0.05, 0) is 6.92 Å². The van der Waals surface area contributed by atoms with E-state index in [-0.39, 0.29) is 40.6 Å². The van der Waals surface area contributed by atoms with Crippen molar-refractivity contribution < 1.29 is 42.0 Å². The van der Waals surface area contributed by atoms with Crippen LogP contribution in [0.1, 0.15) is 53.6 Å². The maximum atomic E-state index is 15.7. The van der Waals surface area contributed by atoms with Crippen LogP contribution in [0, 0.1) is 17.8 Å². The van der Waals surface area contributed by atoms with Crippen molar-refractivity contribution in [3.8, 4) is 0 Å². The number of nitrogens with one attached hydrogen (secondary N) is 1. The number of hydrogen-bond donors (Lipinski definition) is 2.